The van der Waals surface area contributed by atoms with Gasteiger partial charge >= 0.3 is 6.02 Å². The Kier molecular flexibility index (Phi) is 6.74. The van der Waals surface area contributed by atoms with E-state index in [0.29, 0.717) is 31.2 Å². The minimum Gasteiger partial charge on any atom is -0.421 e. The highest BCUT2D eigenvalue weighted by atomic mass is 19.1. The normalized spacial score (nSPS) is 17.3. The monoisotopic (exact) mass is 455 g/mol. The maximum Gasteiger partial charge on any atom is 0.316 e. The number of nitrogens with one attached hydrogen (secondary N) is 4. The van der Waals surface area contributed by atoms with Crippen molar-refractivity contribution in [3.05, 3.63) is 65.7 Å². The van der Waals surface area contributed by atoms with E-state index in [4.69, 9.17) is 10.1 Å². The number of hydrogen-bond donors (Lipinski definition) is 4. The Balaban J connectivity index is 1.54. The number of ether oxygens (including phenoxy) is 1. The van der Waals surface area contributed by atoms with Crippen LogP contribution in [-0.4, -0.2) is 59.5 Å². The number of aromatic amines is 1. The number of H-pyrrole nitrogens is 1. The van der Waals surface area contributed by atoms with Gasteiger partial charge in [-0.15, -0.1) is 0 Å². The molecule has 2 aliphatic heterocycles. The van der Waals surface area contributed by atoms with Gasteiger partial charge in [0.25, 0.3) is 0 Å². The van der Waals surface area contributed by atoms with Crippen LogP contribution in [0.2, 0.25) is 0 Å². The van der Waals surface area contributed by atoms with E-state index in [-0.39, 0.29) is 16.7 Å². The second-order valence-electron chi connectivity index (χ2n) is 7.77. The number of hydrogen-bond acceptors (Lipinski definition) is 5. The van der Waals surface area contributed by atoms with Gasteiger partial charge in [-0.05, 0) is 38.1 Å². The summed E-state index contributed by atoms with van der Waals surface area (Å²) in [5.41, 5.74) is 4.92. The molecule has 0 unspecified atom stereocenters. The largest absolute Gasteiger partial charge is 0.421 e. The molecule has 0 atom stereocenters. The highest BCUT2D eigenvalue weighted by Crippen LogP contribution is 2.29. The minimum absolute atomic E-state index is 0.0702. The van der Waals surface area contributed by atoms with Crippen molar-refractivity contribution in [2.75, 3.05) is 32.7 Å². The summed E-state index contributed by atoms with van der Waals surface area (Å²) in [5, 5.41) is 13.4. The first-order valence-electron chi connectivity index (χ1n) is 10.8. The summed E-state index contributed by atoms with van der Waals surface area (Å²) in [4.78, 5) is 9.07. The summed E-state index contributed by atoms with van der Waals surface area (Å²) in [6.07, 6.45) is 9.58. The average molecular weight is 456 g/mol. The van der Waals surface area contributed by atoms with Crippen LogP contribution in [0.4, 0.5) is 8.78 Å². The van der Waals surface area contributed by atoms with Crippen LogP contribution in [0.25, 0.3) is 10.9 Å². The van der Waals surface area contributed by atoms with Crippen LogP contribution in [-0.2, 0) is 0 Å². The van der Waals surface area contributed by atoms with E-state index in [2.05, 4.69) is 20.7 Å². The molecule has 2 aliphatic rings. The number of halogens is 2. The van der Waals surface area contributed by atoms with Crippen molar-refractivity contribution in [3.8, 4) is 5.75 Å². The average Bonchev–Trinajstić information content (AvgIpc) is 3.42. The molecule has 0 saturated carbocycles. The van der Waals surface area contributed by atoms with Crippen molar-refractivity contribution >= 4 is 22.8 Å². The standard InChI is InChI=1S/C23H27F2N7O/c1-3-4-16-5-9-32(30-16)10-6-20(31-11-7-27-8-12-31)29-23(26)33-19-14-18(24)22-17(21(19)25)13-15(2)28-22/h3-6,10,13-14,26-28,30H,7-9,11-12H2,1-2H3/b4-3+,10-6?,26-23?,29-20+. The zero-order valence-corrected chi connectivity index (χ0v) is 18.6. The Bertz CT molecular complexity index is 1160. The summed E-state index contributed by atoms with van der Waals surface area (Å²) >= 11 is 0. The fraction of sp³-hybridized carbons (Fsp3) is 0.304. The minimum atomic E-state index is -0.737. The SMILES string of the molecule is C/C=C/C1=CCN(C=C/C(=N\C(=N)Oc2cc(F)c3[nH]c(C)cc3c2F)N2CCNCC2)N1. The van der Waals surface area contributed by atoms with Gasteiger partial charge in [0.15, 0.2) is 17.4 Å². The number of benzene rings is 1. The van der Waals surface area contributed by atoms with Crippen molar-refractivity contribution in [3.63, 3.8) is 0 Å². The highest BCUT2D eigenvalue weighted by molar-refractivity contribution is 6.00. The van der Waals surface area contributed by atoms with Gasteiger partial charge in [0.2, 0.25) is 0 Å². The number of aliphatic imine (C=N–C) groups is 1. The van der Waals surface area contributed by atoms with Gasteiger partial charge in [0.05, 0.1) is 17.8 Å². The molecule has 174 valence electrons. The number of rotatable bonds is 4. The van der Waals surface area contributed by atoms with Gasteiger partial charge in [-0.2, -0.15) is 4.99 Å². The quantitative estimate of drug-likeness (QED) is 0.420. The predicted molar refractivity (Wildman–Crippen MR) is 125 cm³/mol. The molecule has 3 heterocycles. The van der Waals surface area contributed by atoms with Crippen molar-refractivity contribution in [2.45, 2.75) is 13.8 Å². The molecule has 0 aliphatic carbocycles. The van der Waals surface area contributed by atoms with Crippen LogP contribution in [0.3, 0.4) is 0 Å². The molecule has 1 fully saturated rings. The van der Waals surface area contributed by atoms with Gasteiger partial charge in [-0.3, -0.25) is 10.4 Å². The van der Waals surface area contributed by atoms with Crippen LogP contribution in [0.1, 0.15) is 12.6 Å². The number of hydrazine groups is 1. The van der Waals surface area contributed by atoms with Crippen LogP contribution in [0.5, 0.6) is 5.75 Å². The molecule has 0 radical (unpaired) electrons. The summed E-state index contributed by atoms with van der Waals surface area (Å²) < 4.78 is 34.6. The Morgan fingerprint density at radius 3 is 2.79 bits per heavy atom. The molecular weight excluding hydrogens is 428 g/mol. The van der Waals surface area contributed by atoms with Gasteiger partial charge in [0, 0.05) is 49.5 Å². The number of piperazine rings is 1. The molecule has 4 rings (SSSR count). The third-order valence-corrected chi connectivity index (χ3v) is 5.30. The Hall–Kier alpha value is -3.66. The molecule has 1 aromatic heterocycles. The second kappa shape index (κ2) is 9.86. The van der Waals surface area contributed by atoms with Gasteiger partial charge in [0.1, 0.15) is 5.84 Å². The zero-order chi connectivity index (χ0) is 23.4. The number of nitrogens with zero attached hydrogens (tertiary/aromatic N) is 3. The predicted octanol–water partition coefficient (Wildman–Crippen LogP) is 3.17. The molecule has 10 heteroatoms. The van der Waals surface area contributed by atoms with E-state index >= 15 is 0 Å². The first-order valence-corrected chi connectivity index (χ1v) is 10.8. The fourth-order valence-corrected chi connectivity index (χ4v) is 3.74. The van der Waals surface area contributed by atoms with Crippen molar-refractivity contribution in [2.24, 2.45) is 4.99 Å². The Labute approximate surface area is 190 Å². The summed E-state index contributed by atoms with van der Waals surface area (Å²) in [7, 11) is 0. The lowest BCUT2D eigenvalue weighted by Crippen LogP contribution is -2.46. The van der Waals surface area contributed by atoms with Crippen LogP contribution in [0.15, 0.2) is 53.3 Å². The molecular formula is C23H27F2N7O. The van der Waals surface area contributed by atoms with Gasteiger partial charge in [-0.1, -0.05) is 6.08 Å². The molecule has 2 aromatic rings. The lowest BCUT2D eigenvalue weighted by Gasteiger charge is -2.29. The molecule has 4 N–H and O–H groups in total. The zero-order valence-electron chi connectivity index (χ0n) is 18.6. The van der Waals surface area contributed by atoms with E-state index in [1.807, 2.05) is 41.3 Å². The van der Waals surface area contributed by atoms with E-state index in [0.717, 1.165) is 24.9 Å². The van der Waals surface area contributed by atoms with Crippen LogP contribution in [0, 0.1) is 24.0 Å². The van der Waals surface area contributed by atoms with Crippen molar-refractivity contribution < 1.29 is 13.5 Å². The van der Waals surface area contributed by atoms with Crippen LogP contribution < -0.4 is 15.5 Å². The van der Waals surface area contributed by atoms with E-state index < -0.39 is 17.7 Å². The summed E-state index contributed by atoms with van der Waals surface area (Å²) in [6, 6.07) is 1.91. The Morgan fingerprint density at radius 1 is 1.24 bits per heavy atom. The topological polar surface area (TPSA) is 91.8 Å². The number of amidine groups is 2. The lowest BCUT2D eigenvalue weighted by molar-refractivity contribution is 0.354. The first-order chi connectivity index (χ1) is 15.9. The molecule has 8 nitrogen and oxygen atoms in total. The number of aryl methyl sites for hydroxylation is 1. The van der Waals surface area contributed by atoms with E-state index in [1.54, 1.807) is 13.0 Å². The molecule has 1 aromatic carbocycles. The third kappa shape index (κ3) is 5.23. The third-order valence-electron chi connectivity index (χ3n) is 5.30. The van der Waals surface area contributed by atoms with Crippen LogP contribution >= 0.6 is 0 Å². The molecule has 0 bridgehead atoms. The molecule has 33 heavy (non-hydrogen) atoms. The number of allylic oxidation sites excluding steroid dienone is 2. The maximum atomic E-state index is 14.9. The van der Waals surface area contributed by atoms with Gasteiger partial charge in [-0.25, -0.2) is 14.2 Å². The maximum absolute atomic E-state index is 14.9. The van der Waals surface area contributed by atoms with Crippen molar-refractivity contribution in [1.29, 1.82) is 5.41 Å². The summed E-state index contributed by atoms with van der Waals surface area (Å²) in [6.45, 7) is 7.29. The highest BCUT2D eigenvalue weighted by Gasteiger charge is 2.19. The van der Waals surface area contributed by atoms with E-state index in [9.17, 15) is 8.78 Å². The number of fused-ring (bicyclic) bond motifs is 1. The first kappa shape index (κ1) is 22.5. The van der Waals surface area contributed by atoms with E-state index in [1.165, 1.54) is 6.07 Å². The molecule has 1 saturated heterocycles. The fourth-order valence-electron chi connectivity index (χ4n) is 3.74. The second-order valence-corrected chi connectivity index (χ2v) is 7.77. The molecule has 0 spiro atoms. The smallest absolute Gasteiger partial charge is 0.316 e. The summed E-state index contributed by atoms with van der Waals surface area (Å²) in [5.74, 6) is -1.27. The van der Waals surface area contributed by atoms with Gasteiger partial charge < -0.3 is 19.9 Å². The number of aromatic nitrogens is 1. The lowest BCUT2D eigenvalue weighted by atomic mass is 10.2. The molecule has 0 amide bonds. The Morgan fingerprint density at radius 2 is 2.03 bits per heavy atom. The van der Waals surface area contributed by atoms with Crippen molar-refractivity contribution in [1.82, 2.24) is 25.6 Å².